The molecule has 0 radical (unpaired) electrons. The molecule has 0 fully saturated rings. The van der Waals surface area contributed by atoms with E-state index in [0.29, 0.717) is 28.9 Å². The molecule has 0 saturated heterocycles. The third-order valence-corrected chi connectivity index (χ3v) is 7.47. The molecular weight excluding hydrogens is 522 g/mol. The normalized spacial score (nSPS) is 11.1. The van der Waals surface area contributed by atoms with Crippen molar-refractivity contribution < 1.29 is 9.53 Å². The van der Waals surface area contributed by atoms with E-state index in [-0.39, 0.29) is 12.1 Å². The molecule has 3 heterocycles. The van der Waals surface area contributed by atoms with Crippen molar-refractivity contribution in [3.05, 3.63) is 54.1 Å². The molecular formula is C30H37N7O2S. The van der Waals surface area contributed by atoms with Gasteiger partial charge in [0.1, 0.15) is 11.4 Å². The maximum absolute atomic E-state index is 12.3. The van der Waals surface area contributed by atoms with Gasteiger partial charge >= 0.3 is 6.03 Å². The SMILES string of the molecule is CCCCCNC(=O)Nc1ncc(-c2cc(-c3c(C)cc(OC(CC)CC)cc3C)nc(-c3cnccn3)n2)s1. The predicted molar refractivity (Wildman–Crippen MR) is 161 cm³/mol. The number of aryl methyl sites for hydroxylation is 2. The molecule has 0 saturated carbocycles. The third kappa shape index (κ3) is 7.38. The van der Waals surface area contributed by atoms with Crippen LogP contribution in [0.5, 0.6) is 5.75 Å². The Morgan fingerprint density at radius 1 is 0.925 bits per heavy atom. The van der Waals surface area contributed by atoms with Crippen LogP contribution < -0.4 is 15.4 Å². The first kappa shape index (κ1) is 29.1. The highest BCUT2D eigenvalue weighted by atomic mass is 32.1. The van der Waals surface area contributed by atoms with E-state index in [1.165, 1.54) is 11.3 Å². The van der Waals surface area contributed by atoms with Crippen molar-refractivity contribution in [2.75, 3.05) is 11.9 Å². The van der Waals surface area contributed by atoms with Gasteiger partial charge < -0.3 is 10.1 Å². The predicted octanol–water partition coefficient (Wildman–Crippen LogP) is 7.22. The van der Waals surface area contributed by atoms with Crippen LogP contribution in [0.15, 0.2) is 43.0 Å². The van der Waals surface area contributed by atoms with E-state index in [0.717, 1.165) is 65.1 Å². The largest absolute Gasteiger partial charge is 0.490 e. The number of nitrogens with zero attached hydrogens (tertiary/aromatic N) is 5. The van der Waals surface area contributed by atoms with Crippen LogP contribution in [0.25, 0.3) is 33.3 Å². The van der Waals surface area contributed by atoms with Crippen molar-refractivity contribution in [2.45, 2.75) is 72.8 Å². The van der Waals surface area contributed by atoms with E-state index in [1.54, 1.807) is 24.8 Å². The van der Waals surface area contributed by atoms with Crippen molar-refractivity contribution >= 4 is 22.5 Å². The molecule has 4 aromatic rings. The number of amides is 2. The first-order valence-electron chi connectivity index (χ1n) is 13.9. The fourth-order valence-corrected chi connectivity index (χ4v) is 5.21. The minimum Gasteiger partial charge on any atom is -0.490 e. The summed E-state index contributed by atoms with van der Waals surface area (Å²) in [7, 11) is 0. The summed E-state index contributed by atoms with van der Waals surface area (Å²) in [6.45, 7) is 11.2. The molecule has 40 heavy (non-hydrogen) atoms. The summed E-state index contributed by atoms with van der Waals surface area (Å²) in [4.78, 5) is 35.9. The Hall–Kier alpha value is -3.92. The molecule has 0 unspecified atom stereocenters. The number of urea groups is 1. The number of hydrogen-bond acceptors (Lipinski definition) is 8. The average Bonchev–Trinajstić information content (AvgIpc) is 3.42. The Bertz CT molecular complexity index is 1400. The Morgan fingerprint density at radius 2 is 1.68 bits per heavy atom. The Morgan fingerprint density at radius 3 is 2.35 bits per heavy atom. The highest BCUT2D eigenvalue weighted by molar-refractivity contribution is 7.19. The van der Waals surface area contributed by atoms with Gasteiger partial charge in [-0.2, -0.15) is 0 Å². The molecule has 10 heteroatoms. The Kier molecular flexibility index (Phi) is 10.1. The monoisotopic (exact) mass is 559 g/mol. The number of hydrogen-bond donors (Lipinski definition) is 2. The van der Waals surface area contributed by atoms with Gasteiger partial charge in [0.25, 0.3) is 0 Å². The zero-order chi connectivity index (χ0) is 28.5. The average molecular weight is 560 g/mol. The number of thiazole rings is 1. The summed E-state index contributed by atoms with van der Waals surface area (Å²) in [6, 6.07) is 5.83. The summed E-state index contributed by atoms with van der Waals surface area (Å²) in [5.41, 5.74) is 5.16. The van der Waals surface area contributed by atoms with Crippen molar-refractivity contribution in [2.24, 2.45) is 0 Å². The Balaban J connectivity index is 1.68. The van der Waals surface area contributed by atoms with Crippen LogP contribution in [-0.2, 0) is 0 Å². The lowest BCUT2D eigenvalue weighted by molar-refractivity contribution is 0.192. The number of carbonyl (C=O) groups is 1. The van der Waals surface area contributed by atoms with Crippen molar-refractivity contribution in [3.63, 3.8) is 0 Å². The Labute approximate surface area is 239 Å². The van der Waals surface area contributed by atoms with Crippen molar-refractivity contribution in [3.8, 4) is 39.1 Å². The fourth-order valence-electron chi connectivity index (χ4n) is 4.44. The summed E-state index contributed by atoms with van der Waals surface area (Å²) in [6.07, 6.45) is 11.9. The number of benzene rings is 1. The maximum atomic E-state index is 12.3. The number of unbranched alkanes of at least 4 members (excludes halogenated alkanes) is 2. The molecule has 2 N–H and O–H groups in total. The second-order valence-electron chi connectivity index (χ2n) is 9.66. The highest BCUT2D eigenvalue weighted by Crippen LogP contribution is 2.35. The first-order valence-corrected chi connectivity index (χ1v) is 14.7. The third-order valence-electron chi connectivity index (χ3n) is 6.54. The second-order valence-corrected chi connectivity index (χ2v) is 10.7. The lowest BCUT2D eigenvalue weighted by Crippen LogP contribution is -2.29. The van der Waals surface area contributed by atoms with Crippen LogP contribution in [0, 0.1) is 13.8 Å². The van der Waals surface area contributed by atoms with E-state index in [9.17, 15) is 4.79 Å². The lowest BCUT2D eigenvalue weighted by Gasteiger charge is -2.19. The maximum Gasteiger partial charge on any atom is 0.321 e. The number of aromatic nitrogens is 5. The summed E-state index contributed by atoms with van der Waals surface area (Å²) >= 11 is 1.36. The van der Waals surface area contributed by atoms with Gasteiger partial charge in [0.15, 0.2) is 11.0 Å². The van der Waals surface area contributed by atoms with E-state index >= 15 is 0 Å². The molecule has 0 aliphatic heterocycles. The standard InChI is InChI=1S/C30H37N7O2S/c1-6-9-10-11-33-29(38)37-30-34-18-26(40-30)23-16-24(36-28(35-23)25-17-31-12-13-32-25)27-19(4)14-22(15-20(27)5)39-21(7-2)8-3/h12-18,21H,6-11H2,1-5H3,(H2,33,34,37,38). The van der Waals surface area contributed by atoms with Crippen LogP contribution in [0.1, 0.15) is 64.0 Å². The molecule has 0 spiro atoms. The minimum absolute atomic E-state index is 0.186. The summed E-state index contributed by atoms with van der Waals surface area (Å²) in [5.74, 6) is 1.33. The van der Waals surface area contributed by atoms with E-state index < -0.39 is 0 Å². The zero-order valence-corrected chi connectivity index (χ0v) is 24.6. The van der Waals surface area contributed by atoms with Crippen molar-refractivity contribution in [1.82, 2.24) is 30.2 Å². The number of nitrogens with one attached hydrogen (secondary N) is 2. The van der Waals surface area contributed by atoms with Gasteiger partial charge in [-0.25, -0.2) is 24.7 Å². The van der Waals surface area contributed by atoms with E-state index in [1.807, 2.05) is 6.07 Å². The minimum atomic E-state index is -0.262. The van der Waals surface area contributed by atoms with Crippen molar-refractivity contribution in [1.29, 1.82) is 0 Å². The molecule has 9 nitrogen and oxygen atoms in total. The molecule has 0 aliphatic carbocycles. The summed E-state index contributed by atoms with van der Waals surface area (Å²) in [5, 5.41) is 6.21. The van der Waals surface area contributed by atoms with Crippen LogP contribution in [-0.4, -0.2) is 43.6 Å². The van der Waals surface area contributed by atoms with Crippen LogP contribution in [0.3, 0.4) is 0 Å². The number of rotatable bonds is 12. The smallest absolute Gasteiger partial charge is 0.321 e. The quantitative estimate of drug-likeness (QED) is 0.176. The molecule has 2 amide bonds. The lowest BCUT2D eigenvalue weighted by atomic mass is 9.98. The second kappa shape index (κ2) is 13.9. The van der Waals surface area contributed by atoms with Gasteiger partial charge in [-0.3, -0.25) is 10.3 Å². The topological polar surface area (TPSA) is 115 Å². The zero-order valence-electron chi connectivity index (χ0n) is 23.8. The molecule has 1 aromatic carbocycles. The van der Waals surface area contributed by atoms with Crippen LogP contribution in [0.4, 0.5) is 9.93 Å². The van der Waals surface area contributed by atoms with Gasteiger partial charge in [-0.05, 0) is 62.4 Å². The van der Waals surface area contributed by atoms with Gasteiger partial charge in [-0.15, -0.1) is 0 Å². The molecule has 0 atom stereocenters. The van der Waals surface area contributed by atoms with Crippen LogP contribution in [0.2, 0.25) is 0 Å². The molecule has 0 aliphatic rings. The number of anilines is 1. The van der Waals surface area contributed by atoms with Gasteiger partial charge in [0, 0.05) is 30.7 Å². The van der Waals surface area contributed by atoms with E-state index in [4.69, 9.17) is 14.7 Å². The highest BCUT2D eigenvalue weighted by Gasteiger charge is 2.18. The van der Waals surface area contributed by atoms with E-state index in [2.05, 4.69) is 72.3 Å². The number of carbonyl (C=O) groups excluding carboxylic acids is 1. The van der Waals surface area contributed by atoms with Gasteiger partial charge in [0.05, 0.1) is 28.6 Å². The first-order chi connectivity index (χ1) is 19.4. The van der Waals surface area contributed by atoms with Crippen LogP contribution >= 0.6 is 11.3 Å². The number of ether oxygens (including phenoxy) is 1. The molecule has 4 rings (SSSR count). The molecule has 3 aromatic heterocycles. The molecule has 210 valence electrons. The molecule has 0 bridgehead atoms. The van der Waals surface area contributed by atoms with Gasteiger partial charge in [0.2, 0.25) is 0 Å². The summed E-state index contributed by atoms with van der Waals surface area (Å²) < 4.78 is 6.23. The van der Waals surface area contributed by atoms with Gasteiger partial charge in [-0.1, -0.05) is 44.9 Å². The fraction of sp³-hybridized carbons (Fsp3) is 0.400.